The van der Waals surface area contributed by atoms with Gasteiger partial charge in [-0.1, -0.05) is 6.92 Å². The minimum absolute atomic E-state index is 0.0210. The predicted octanol–water partition coefficient (Wildman–Crippen LogP) is 2.24. The SMILES string of the molecule is CCCn1cc(Oc2ncnc(OC(C)C)c2N)cn1. The number of nitrogen functional groups attached to an aromatic ring is 1. The van der Waals surface area contributed by atoms with E-state index in [-0.39, 0.29) is 17.7 Å². The van der Waals surface area contributed by atoms with E-state index in [1.165, 1.54) is 6.33 Å². The average molecular weight is 277 g/mol. The Morgan fingerprint density at radius 3 is 2.75 bits per heavy atom. The Morgan fingerprint density at radius 1 is 1.30 bits per heavy atom. The van der Waals surface area contributed by atoms with Crippen molar-refractivity contribution in [3.63, 3.8) is 0 Å². The first-order valence-electron chi connectivity index (χ1n) is 6.57. The Labute approximate surface area is 117 Å². The zero-order valence-corrected chi connectivity index (χ0v) is 11.9. The number of ether oxygens (including phenoxy) is 2. The van der Waals surface area contributed by atoms with Gasteiger partial charge < -0.3 is 15.2 Å². The maximum absolute atomic E-state index is 5.94. The second-order valence-electron chi connectivity index (χ2n) is 4.61. The number of aromatic nitrogens is 4. The lowest BCUT2D eigenvalue weighted by molar-refractivity contribution is 0.232. The van der Waals surface area contributed by atoms with Gasteiger partial charge in [-0.25, -0.2) is 0 Å². The Morgan fingerprint density at radius 2 is 2.05 bits per heavy atom. The number of nitrogens with zero attached hydrogens (tertiary/aromatic N) is 4. The monoisotopic (exact) mass is 277 g/mol. The van der Waals surface area contributed by atoms with Crippen molar-refractivity contribution in [1.82, 2.24) is 19.7 Å². The Balaban J connectivity index is 2.15. The summed E-state index contributed by atoms with van der Waals surface area (Å²) in [6.45, 7) is 6.72. The van der Waals surface area contributed by atoms with Crippen molar-refractivity contribution in [2.24, 2.45) is 0 Å². The highest BCUT2D eigenvalue weighted by atomic mass is 16.5. The van der Waals surface area contributed by atoms with Gasteiger partial charge in [0.1, 0.15) is 6.33 Å². The molecule has 7 heteroatoms. The van der Waals surface area contributed by atoms with E-state index in [9.17, 15) is 0 Å². The molecule has 7 nitrogen and oxygen atoms in total. The highest BCUT2D eigenvalue weighted by molar-refractivity contribution is 5.56. The van der Waals surface area contributed by atoms with Crippen molar-refractivity contribution in [2.45, 2.75) is 39.8 Å². The molecule has 2 aromatic heterocycles. The summed E-state index contributed by atoms with van der Waals surface area (Å²) in [5.41, 5.74) is 6.22. The Bertz CT molecular complexity index is 568. The summed E-state index contributed by atoms with van der Waals surface area (Å²) in [5.74, 6) is 1.18. The van der Waals surface area contributed by atoms with Crippen LogP contribution in [0.1, 0.15) is 27.2 Å². The molecule has 0 aliphatic carbocycles. The summed E-state index contributed by atoms with van der Waals surface area (Å²) < 4.78 is 12.9. The first-order chi connectivity index (χ1) is 9.60. The van der Waals surface area contributed by atoms with Gasteiger partial charge in [0, 0.05) is 6.54 Å². The van der Waals surface area contributed by atoms with Gasteiger partial charge in [-0.05, 0) is 20.3 Å². The molecule has 0 aromatic carbocycles. The third-order valence-electron chi connectivity index (χ3n) is 2.43. The van der Waals surface area contributed by atoms with E-state index < -0.39 is 0 Å². The summed E-state index contributed by atoms with van der Waals surface area (Å²) >= 11 is 0. The fraction of sp³-hybridized carbons (Fsp3) is 0.462. The minimum atomic E-state index is -0.0210. The van der Waals surface area contributed by atoms with Gasteiger partial charge in [0.15, 0.2) is 11.4 Å². The Kier molecular flexibility index (Phi) is 4.39. The van der Waals surface area contributed by atoms with E-state index in [0.717, 1.165) is 13.0 Å². The first kappa shape index (κ1) is 14.1. The van der Waals surface area contributed by atoms with Crippen molar-refractivity contribution >= 4 is 5.69 Å². The molecule has 0 aliphatic heterocycles. The number of rotatable bonds is 6. The van der Waals surface area contributed by atoms with E-state index in [0.29, 0.717) is 11.6 Å². The van der Waals surface area contributed by atoms with E-state index in [2.05, 4.69) is 22.0 Å². The lowest BCUT2D eigenvalue weighted by Gasteiger charge is -2.12. The average Bonchev–Trinajstić information content (AvgIpc) is 2.82. The first-order valence-corrected chi connectivity index (χ1v) is 6.57. The summed E-state index contributed by atoms with van der Waals surface area (Å²) in [4.78, 5) is 8.02. The van der Waals surface area contributed by atoms with Gasteiger partial charge in [0.2, 0.25) is 11.8 Å². The van der Waals surface area contributed by atoms with Crippen LogP contribution in [0.25, 0.3) is 0 Å². The fourth-order valence-corrected chi connectivity index (χ4v) is 1.62. The van der Waals surface area contributed by atoms with Gasteiger partial charge in [0.25, 0.3) is 0 Å². The number of hydrogen-bond acceptors (Lipinski definition) is 6. The summed E-state index contributed by atoms with van der Waals surface area (Å²) in [6.07, 6.45) is 5.77. The molecular formula is C13H19N5O2. The van der Waals surface area contributed by atoms with Crippen LogP contribution in [0.5, 0.6) is 17.5 Å². The molecule has 20 heavy (non-hydrogen) atoms. The number of aryl methyl sites for hydroxylation is 1. The van der Waals surface area contributed by atoms with Crippen molar-refractivity contribution in [2.75, 3.05) is 5.73 Å². The second kappa shape index (κ2) is 6.23. The molecule has 0 aliphatic rings. The zero-order chi connectivity index (χ0) is 14.5. The summed E-state index contributed by atoms with van der Waals surface area (Å²) in [5, 5.41) is 4.18. The standard InChI is InChI=1S/C13H19N5O2/c1-4-5-18-7-10(6-17-18)20-13-11(14)12(15-8-16-13)19-9(2)3/h6-9H,4-5,14H2,1-3H3. The van der Waals surface area contributed by atoms with Gasteiger partial charge >= 0.3 is 0 Å². The van der Waals surface area contributed by atoms with E-state index in [4.69, 9.17) is 15.2 Å². The molecule has 0 fully saturated rings. The van der Waals surface area contributed by atoms with Gasteiger partial charge in [-0.2, -0.15) is 15.1 Å². The molecule has 0 spiro atoms. The molecule has 0 radical (unpaired) electrons. The van der Waals surface area contributed by atoms with Crippen molar-refractivity contribution in [1.29, 1.82) is 0 Å². The molecule has 0 saturated heterocycles. The van der Waals surface area contributed by atoms with Crippen LogP contribution in [-0.4, -0.2) is 25.9 Å². The van der Waals surface area contributed by atoms with Gasteiger partial charge in [-0.15, -0.1) is 0 Å². The minimum Gasteiger partial charge on any atom is -0.473 e. The second-order valence-corrected chi connectivity index (χ2v) is 4.61. The smallest absolute Gasteiger partial charge is 0.250 e. The number of nitrogens with two attached hydrogens (primary N) is 1. The van der Waals surface area contributed by atoms with Crippen LogP contribution in [0.15, 0.2) is 18.7 Å². The predicted molar refractivity (Wildman–Crippen MR) is 74.8 cm³/mol. The largest absolute Gasteiger partial charge is 0.473 e. The highest BCUT2D eigenvalue weighted by Gasteiger charge is 2.13. The van der Waals surface area contributed by atoms with E-state index in [1.54, 1.807) is 17.1 Å². The van der Waals surface area contributed by atoms with Crippen LogP contribution in [0, 0.1) is 0 Å². The molecule has 0 bridgehead atoms. The van der Waals surface area contributed by atoms with Crippen LogP contribution >= 0.6 is 0 Å². The molecule has 0 atom stereocenters. The van der Waals surface area contributed by atoms with Crippen molar-refractivity contribution in [3.05, 3.63) is 18.7 Å². The molecule has 2 heterocycles. The van der Waals surface area contributed by atoms with Crippen LogP contribution < -0.4 is 15.2 Å². The lowest BCUT2D eigenvalue weighted by Crippen LogP contribution is -2.10. The quantitative estimate of drug-likeness (QED) is 0.871. The maximum Gasteiger partial charge on any atom is 0.250 e. The number of hydrogen-bond donors (Lipinski definition) is 1. The van der Waals surface area contributed by atoms with Crippen molar-refractivity contribution < 1.29 is 9.47 Å². The summed E-state index contributed by atoms with van der Waals surface area (Å²) in [7, 11) is 0. The van der Waals surface area contributed by atoms with Crippen LogP contribution in [0.2, 0.25) is 0 Å². The zero-order valence-electron chi connectivity index (χ0n) is 11.9. The molecule has 108 valence electrons. The van der Waals surface area contributed by atoms with E-state index >= 15 is 0 Å². The molecular weight excluding hydrogens is 258 g/mol. The van der Waals surface area contributed by atoms with Crippen LogP contribution in [-0.2, 0) is 6.54 Å². The number of anilines is 1. The molecule has 2 rings (SSSR count). The van der Waals surface area contributed by atoms with Gasteiger partial charge in [0.05, 0.1) is 18.5 Å². The summed E-state index contributed by atoms with van der Waals surface area (Å²) in [6, 6.07) is 0. The van der Waals surface area contributed by atoms with Crippen LogP contribution in [0.4, 0.5) is 5.69 Å². The topological polar surface area (TPSA) is 88.1 Å². The lowest BCUT2D eigenvalue weighted by atomic mass is 10.4. The third kappa shape index (κ3) is 3.37. The molecule has 2 aromatic rings. The Hall–Kier alpha value is -2.31. The van der Waals surface area contributed by atoms with E-state index in [1.807, 2.05) is 13.8 Å². The normalized spacial score (nSPS) is 10.8. The highest BCUT2D eigenvalue weighted by Crippen LogP contribution is 2.30. The van der Waals surface area contributed by atoms with Crippen LogP contribution in [0.3, 0.4) is 0 Å². The molecule has 0 amide bonds. The molecule has 2 N–H and O–H groups in total. The molecule has 0 saturated carbocycles. The maximum atomic E-state index is 5.94. The van der Waals surface area contributed by atoms with Crippen molar-refractivity contribution in [3.8, 4) is 17.5 Å². The molecule has 0 unspecified atom stereocenters. The van der Waals surface area contributed by atoms with Gasteiger partial charge in [-0.3, -0.25) is 4.68 Å². The fourth-order valence-electron chi connectivity index (χ4n) is 1.62. The third-order valence-corrected chi connectivity index (χ3v) is 2.43.